The van der Waals surface area contributed by atoms with Gasteiger partial charge in [-0.2, -0.15) is 0 Å². The number of rotatable bonds is 4. The number of carboxylic acid groups (broad SMARTS) is 1. The van der Waals surface area contributed by atoms with E-state index in [4.69, 9.17) is 5.11 Å². The Labute approximate surface area is 132 Å². The molecule has 0 saturated carbocycles. The topological polar surface area (TPSA) is 66.4 Å². The highest BCUT2D eigenvalue weighted by atomic mass is 32.2. The number of carbonyl (C=O) groups excluding carboxylic acids is 1. The largest absolute Gasteiger partial charge is 0.478 e. The standard InChI is InChI=1S/C17H15NO3S/c19-16(14-10-22-15-7-2-1-6-13(14)15)18-9-11-4-3-5-12(8-11)17(20)21/h1-8,14H,9-10H2,(H,18,19)(H,20,21)/t14-/m0/s1. The van der Waals surface area contributed by atoms with E-state index in [1.165, 1.54) is 6.07 Å². The van der Waals surface area contributed by atoms with Crippen LogP contribution in [0, 0.1) is 0 Å². The third-order valence-corrected chi connectivity index (χ3v) is 4.84. The fraction of sp³-hybridized carbons (Fsp3) is 0.176. The summed E-state index contributed by atoms with van der Waals surface area (Å²) in [5.74, 6) is -0.364. The molecular formula is C17H15NO3S. The molecule has 3 rings (SSSR count). The van der Waals surface area contributed by atoms with Gasteiger partial charge in [0, 0.05) is 17.2 Å². The van der Waals surface area contributed by atoms with Gasteiger partial charge in [-0.25, -0.2) is 4.79 Å². The minimum absolute atomic E-state index is 0.0156. The lowest BCUT2D eigenvalue weighted by Gasteiger charge is -2.12. The molecule has 1 aliphatic rings. The summed E-state index contributed by atoms with van der Waals surface area (Å²) in [6.45, 7) is 0.337. The minimum Gasteiger partial charge on any atom is -0.478 e. The van der Waals surface area contributed by atoms with E-state index in [-0.39, 0.29) is 17.4 Å². The van der Waals surface area contributed by atoms with Crippen LogP contribution in [0.3, 0.4) is 0 Å². The molecule has 5 heteroatoms. The van der Waals surface area contributed by atoms with Gasteiger partial charge in [0.25, 0.3) is 0 Å². The number of benzene rings is 2. The summed E-state index contributed by atoms with van der Waals surface area (Å²) in [5.41, 5.74) is 2.09. The van der Waals surface area contributed by atoms with Crippen LogP contribution < -0.4 is 5.32 Å². The van der Waals surface area contributed by atoms with Crippen molar-refractivity contribution in [3.8, 4) is 0 Å². The van der Waals surface area contributed by atoms with E-state index >= 15 is 0 Å². The smallest absolute Gasteiger partial charge is 0.335 e. The molecular weight excluding hydrogens is 298 g/mol. The molecule has 0 aliphatic carbocycles. The van der Waals surface area contributed by atoms with Crippen LogP contribution in [0.1, 0.15) is 27.4 Å². The lowest BCUT2D eigenvalue weighted by molar-refractivity contribution is -0.122. The van der Waals surface area contributed by atoms with Gasteiger partial charge in [0.05, 0.1) is 11.5 Å². The van der Waals surface area contributed by atoms with Gasteiger partial charge in [-0.05, 0) is 29.3 Å². The van der Waals surface area contributed by atoms with Crippen molar-refractivity contribution in [3.05, 3.63) is 65.2 Å². The summed E-state index contributed by atoms with van der Waals surface area (Å²) < 4.78 is 0. The van der Waals surface area contributed by atoms with Crippen LogP contribution in [0.2, 0.25) is 0 Å². The van der Waals surface area contributed by atoms with Crippen molar-refractivity contribution < 1.29 is 14.7 Å². The fourth-order valence-electron chi connectivity index (χ4n) is 2.51. The second-order valence-corrected chi connectivity index (χ2v) is 6.19. The summed E-state index contributed by atoms with van der Waals surface area (Å²) in [5, 5.41) is 11.9. The highest BCUT2D eigenvalue weighted by Crippen LogP contribution is 2.39. The zero-order chi connectivity index (χ0) is 15.5. The van der Waals surface area contributed by atoms with Crippen LogP contribution in [0.5, 0.6) is 0 Å². The molecule has 2 N–H and O–H groups in total. The van der Waals surface area contributed by atoms with Gasteiger partial charge < -0.3 is 10.4 Å². The molecule has 1 aliphatic heterocycles. The molecule has 4 nitrogen and oxygen atoms in total. The summed E-state index contributed by atoms with van der Waals surface area (Å²) >= 11 is 1.69. The van der Waals surface area contributed by atoms with E-state index in [2.05, 4.69) is 5.32 Å². The number of carbonyl (C=O) groups is 2. The molecule has 1 amide bonds. The number of hydrogen-bond acceptors (Lipinski definition) is 3. The van der Waals surface area contributed by atoms with Crippen LogP contribution in [-0.4, -0.2) is 22.7 Å². The average molecular weight is 313 g/mol. The van der Waals surface area contributed by atoms with Gasteiger partial charge in [0.15, 0.2) is 0 Å². The van der Waals surface area contributed by atoms with E-state index < -0.39 is 5.97 Å². The van der Waals surface area contributed by atoms with E-state index in [1.807, 2.05) is 30.3 Å². The second kappa shape index (κ2) is 6.23. The third-order valence-electron chi connectivity index (χ3n) is 3.66. The number of amides is 1. The lowest BCUT2D eigenvalue weighted by Crippen LogP contribution is -2.29. The molecule has 0 spiro atoms. The highest BCUT2D eigenvalue weighted by Gasteiger charge is 2.28. The maximum atomic E-state index is 12.4. The number of nitrogens with one attached hydrogen (secondary N) is 1. The molecule has 0 unspecified atom stereocenters. The van der Waals surface area contributed by atoms with Crippen molar-refractivity contribution >= 4 is 23.6 Å². The number of aromatic carboxylic acids is 1. The normalized spacial score (nSPS) is 16.1. The summed E-state index contributed by atoms with van der Waals surface area (Å²) in [4.78, 5) is 24.5. The molecule has 0 aromatic heterocycles. The molecule has 2 aromatic rings. The number of hydrogen-bond donors (Lipinski definition) is 2. The molecule has 0 saturated heterocycles. The van der Waals surface area contributed by atoms with E-state index in [1.54, 1.807) is 23.9 Å². The third kappa shape index (κ3) is 2.99. The van der Waals surface area contributed by atoms with E-state index in [9.17, 15) is 9.59 Å². The number of fused-ring (bicyclic) bond motifs is 1. The zero-order valence-electron chi connectivity index (χ0n) is 11.8. The molecule has 1 atom stereocenters. The zero-order valence-corrected chi connectivity index (χ0v) is 12.6. The van der Waals surface area contributed by atoms with Gasteiger partial charge in [0.1, 0.15) is 0 Å². The SMILES string of the molecule is O=C(O)c1cccc(CNC(=O)[C@H]2CSc3ccccc32)c1. The Morgan fingerprint density at radius 3 is 2.82 bits per heavy atom. The fourth-order valence-corrected chi connectivity index (χ4v) is 3.74. The Hall–Kier alpha value is -2.27. The summed E-state index contributed by atoms with van der Waals surface area (Å²) in [6, 6.07) is 14.6. The average Bonchev–Trinajstić information content (AvgIpc) is 2.97. The first-order valence-electron chi connectivity index (χ1n) is 6.97. The van der Waals surface area contributed by atoms with Gasteiger partial charge in [0.2, 0.25) is 5.91 Å². The number of carboxylic acids is 1. The summed E-state index contributed by atoms with van der Waals surface area (Å²) in [7, 11) is 0. The van der Waals surface area contributed by atoms with Crippen molar-refractivity contribution in [3.63, 3.8) is 0 Å². The van der Waals surface area contributed by atoms with Crippen molar-refractivity contribution in [1.29, 1.82) is 0 Å². The maximum absolute atomic E-state index is 12.4. The van der Waals surface area contributed by atoms with Crippen LogP contribution in [-0.2, 0) is 11.3 Å². The second-order valence-electron chi connectivity index (χ2n) is 5.12. The van der Waals surface area contributed by atoms with Crippen molar-refractivity contribution in [2.75, 3.05) is 5.75 Å². The predicted molar refractivity (Wildman–Crippen MR) is 85.2 cm³/mol. The predicted octanol–water partition coefficient (Wildman–Crippen LogP) is 2.89. The first-order chi connectivity index (χ1) is 10.6. The minimum atomic E-state index is -0.964. The van der Waals surface area contributed by atoms with Crippen LogP contribution in [0.25, 0.3) is 0 Å². The van der Waals surface area contributed by atoms with Crippen molar-refractivity contribution in [1.82, 2.24) is 5.32 Å². The van der Waals surface area contributed by atoms with Crippen LogP contribution in [0.15, 0.2) is 53.4 Å². The first-order valence-corrected chi connectivity index (χ1v) is 7.95. The lowest BCUT2D eigenvalue weighted by atomic mass is 10.0. The molecule has 22 heavy (non-hydrogen) atoms. The van der Waals surface area contributed by atoms with Crippen molar-refractivity contribution in [2.24, 2.45) is 0 Å². The molecule has 0 radical (unpaired) electrons. The quantitative estimate of drug-likeness (QED) is 0.911. The van der Waals surface area contributed by atoms with Gasteiger partial charge in [-0.3, -0.25) is 4.79 Å². The van der Waals surface area contributed by atoms with Gasteiger partial charge >= 0.3 is 5.97 Å². The van der Waals surface area contributed by atoms with Crippen LogP contribution >= 0.6 is 11.8 Å². The first kappa shape index (κ1) is 14.7. The molecule has 0 bridgehead atoms. The Balaban J connectivity index is 1.66. The maximum Gasteiger partial charge on any atom is 0.335 e. The van der Waals surface area contributed by atoms with Crippen molar-refractivity contribution in [2.45, 2.75) is 17.4 Å². The Morgan fingerprint density at radius 1 is 1.18 bits per heavy atom. The van der Waals surface area contributed by atoms with Gasteiger partial charge in [-0.15, -0.1) is 11.8 Å². The van der Waals surface area contributed by atoms with E-state index in [0.717, 1.165) is 21.8 Å². The van der Waals surface area contributed by atoms with Gasteiger partial charge in [-0.1, -0.05) is 30.3 Å². The monoisotopic (exact) mass is 313 g/mol. The Morgan fingerprint density at radius 2 is 2.00 bits per heavy atom. The van der Waals surface area contributed by atoms with E-state index in [0.29, 0.717) is 6.54 Å². The number of thioether (sulfide) groups is 1. The highest BCUT2D eigenvalue weighted by molar-refractivity contribution is 7.99. The summed E-state index contributed by atoms with van der Waals surface area (Å²) in [6.07, 6.45) is 0. The molecule has 2 aromatic carbocycles. The Kier molecular flexibility index (Phi) is 4.15. The molecule has 1 heterocycles. The molecule has 112 valence electrons. The molecule has 0 fully saturated rings. The van der Waals surface area contributed by atoms with Crippen LogP contribution in [0.4, 0.5) is 0 Å². The Bertz CT molecular complexity index is 729.